The lowest BCUT2D eigenvalue weighted by Crippen LogP contribution is -2.55. The van der Waals surface area contributed by atoms with E-state index in [2.05, 4.69) is 4.90 Å². The Kier molecular flexibility index (Phi) is 7.66. The second kappa shape index (κ2) is 7.67. The van der Waals surface area contributed by atoms with Crippen molar-refractivity contribution >= 4 is 30.7 Å². The Morgan fingerprint density at radius 3 is 1.95 bits per heavy atom. The summed E-state index contributed by atoms with van der Waals surface area (Å²) in [6, 6.07) is 0.697. The Morgan fingerprint density at radius 2 is 1.53 bits per heavy atom. The molecule has 2 saturated heterocycles. The minimum absolute atomic E-state index is 0. The van der Waals surface area contributed by atoms with Gasteiger partial charge < -0.3 is 15.5 Å². The van der Waals surface area contributed by atoms with E-state index in [-0.39, 0.29) is 30.7 Å². The summed E-state index contributed by atoms with van der Waals surface area (Å²) in [5.74, 6) is 0.0948. The fraction of sp³-hybridized carbons (Fsp3) is 0.923. The second-order valence-corrected chi connectivity index (χ2v) is 5.99. The van der Waals surface area contributed by atoms with Crippen LogP contribution in [0.1, 0.15) is 39.5 Å². The van der Waals surface area contributed by atoms with E-state index in [1.165, 1.54) is 25.9 Å². The molecule has 0 atom stereocenters. The molecule has 0 spiro atoms. The number of carbonyl (C=O) groups excluding carboxylic acids is 1. The van der Waals surface area contributed by atoms with Crippen LogP contribution in [0.3, 0.4) is 0 Å². The maximum atomic E-state index is 12.0. The largest absolute Gasteiger partial charge is 0.341 e. The van der Waals surface area contributed by atoms with Crippen LogP contribution in [-0.4, -0.2) is 53.5 Å². The molecule has 0 radical (unpaired) electrons. The van der Waals surface area contributed by atoms with E-state index >= 15 is 0 Å². The van der Waals surface area contributed by atoms with E-state index in [1.54, 1.807) is 13.8 Å². The van der Waals surface area contributed by atoms with Crippen molar-refractivity contribution in [2.45, 2.75) is 51.1 Å². The Balaban J connectivity index is 0.00000162. The zero-order chi connectivity index (χ0) is 12.5. The summed E-state index contributed by atoms with van der Waals surface area (Å²) in [5.41, 5.74) is 5.14. The van der Waals surface area contributed by atoms with Crippen molar-refractivity contribution in [2.24, 2.45) is 5.73 Å². The highest BCUT2D eigenvalue weighted by atomic mass is 35.5. The average molecular weight is 312 g/mol. The highest BCUT2D eigenvalue weighted by Gasteiger charge is 2.32. The van der Waals surface area contributed by atoms with Gasteiger partial charge in [0.05, 0.1) is 5.54 Å². The molecule has 0 aromatic heterocycles. The van der Waals surface area contributed by atoms with E-state index in [4.69, 9.17) is 5.73 Å². The van der Waals surface area contributed by atoms with Gasteiger partial charge in [0.15, 0.2) is 0 Å². The van der Waals surface area contributed by atoms with E-state index in [1.807, 2.05) is 4.90 Å². The number of rotatable bonds is 2. The molecule has 2 aliphatic heterocycles. The van der Waals surface area contributed by atoms with Gasteiger partial charge in [0.25, 0.3) is 0 Å². The molecule has 4 nitrogen and oxygen atoms in total. The van der Waals surface area contributed by atoms with Crippen molar-refractivity contribution in [1.82, 2.24) is 9.80 Å². The maximum absolute atomic E-state index is 12.0. The molecule has 19 heavy (non-hydrogen) atoms. The normalized spacial score (nSPS) is 21.7. The van der Waals surface area contributed by atoms with Gasteiger partial charge in [-0.2, -0.15) is 0 Å². The van der Waals surface area contributed by atoms with Crippen LogP contribution in [0.5, 0.6) is 0 Å². The molecule has 0 aromatic rings. The molecule has 0 unspecified atom stereocenters. The highest BCUT2D eigenvalue weighted by molar-refractivity contribution is 5.86. The van der Waals surface area contributed by atoms with Crippen molar-refractivity contribution in [2.75, 3.05) is 26.2 Å². The van der Waals surface area contributed by atoms with E-state index in [0.717, 1.165) is 25.9 Å². The van der Waals surface area contributed by atoms with Gasteiger partial charge in [-0.15, -0.1) is 24.8 Å². The third kappa shape index (κ3) is 4.78. The second-order valence-electron chi connectivity index (χ2n) is 5.99. The van der Waals surface area contributed by atoms with Gasteiger partial charge in [-0.1, -0.05) is 0 Å². The van der Waals surface area contributed by atoms with Gasteiger partial charge in [0.2, 0.25) is 5.91 Å². The fourth-order valence-electron chi connectivity index (χ4n) is 2.95. The number of hydrogen-bond acceptors (Lipinski definition) is 3. The molecule has 0 aliphatic carbocycles. The molecule has 0 bridgehead atoms. The van der Waals surface area contributed by atoms with Gasteiger partial charge in [-0.3, -0.25) is 4.79 Å². The van der Waals surface area contributed by atoms with Crippen molar-refractivity contribution in [3.05, 3.63) is 0 Å². The summed E-state index contributed by atoms with van der Waals surface area (Å²) in [6.45, 7) is 7.84. The Hall–Kier alpha value is -0.0300. The van der Waals surface area contributed by atoms with Crippen LogP contribution in [0.2, 0.25) is 0 Å². The molecule has 0 aromatic carbocycles. The van der Waals surface area contributed by atoms with Crippen LogP contribution in [0.25, 0.3) is 0 Å². The van der Waals surface area contributed by atoms with Gasteiger partial charge in [-0.05, 0) is 52.6 Å². The standard InChI is InChI=1S/C13H25N3O.2ClH/c1-13(2,14)12(17)16-9-5-11(6-10-16)15-7-3-4-8-15;;/h11H,3-10,14H2,1-2H3;2*1H. The third-order valence-corrected chi connectivity index (χ3v) is 3.96. The smallest absolute Gasteiger partial charge is 0.242 e. The van der Waals surface area contributed by atoms with Crippen LogP contribution >= 0.6 is 24.8 Å². The van der Waals surface area contributed by atoms with Crippen molar-refractivity contribution in [3.63, 3.8) is 0 Å². The summed E-state index contributed by atoms with van der Waals surface area (Å²) in [4.78, 5) is 16.6. The maximum Gasteiger partial charge on any atom is 0.242 e. The van der Waals surface area contributed by atoms with E-state index < -0.39 is 5.54 Å². The molecular formula is C13H27Cl2N3O. The number of nitrogens with two attached hydrogens (primary N) is 1. The van der Waals surface area contributed by atoms with Gasteiger partial charge in [0.1, 0.15) is 0 Å². The predicted octanol–water partition coefficient (Wildman–Crippen LogP) is 1.65. The molecular weight excluding hydrogens is 285 g/mol. The lowest BCUT2D eigenvalue weighted by atomic mass is 9.99. The zero-order valence-corrected chi connectivity index (χ0v) is 13.6. The van der Waals surface area contributed by atoms with Crippen molar-refractivity contribution in [3.8, 4) is 0 Å². The number of likely N-dealkylation sites (tertiary alicyclic amines) is 2. The number of nitrogens with zero attached hydrogens (tertiary/aromatic N) is 2. The molecule has 114 valence electrons. The van der Waals surface area contributed by atoms with Gasteiger partial charge >= 0.3 is 0 Å². The molecule has 2 fully saturated rings. The lowest BCUT2D eigenvalue weighted by molar-refractivity contribution is -0.137. The van der Waals surface area contributed by atoms with Crippen LogP contribution in [0, 0.1) is 0 Å². The van der Waals surface area contributed by atoms with Gasteiger partial charge in [0, 0.05) is 19.1 Å². The quantitative estimate of drug-likeness (QED) is 0.843. The summed E-state index contributed by atoms with van der Waals surface area (Å²) < 4.78 is 0. The molecule has 2 rings (SSSR count). The zero-order valence-electron chi connectivity index (χ0n) is 11.9. The van der Waals surface area contributed by atoms with Gasteiger partial charge in [-0.25, -0.2) is 0 Å². The number of hydrogen-bond donors (Lipinski definition) is 1. The molecule has 1 amide bonds. The number of carbonyl (C=O) groups is 1. The minimum atomic E-state index is -0.722. The van der Waals surface area contributed by atoms with Crippen LogP contribution < -0.4 is 5.73 Å². The van der Waals surface area contributed by atoms with Crippen LogP contribution in [-0.2, 0) is 4.79 Å². The van der Waals surface area contributed by atoms with E-state index in [0.29, 0.717) is 6.04 Å². The Morgan fingerprint density at radius 1 is 1.05 bits per heavy atom. The lowest BCUT2D eigenvalue weighted by Gasteiger charge is -2.38. The monoisotopic (exact) mass is 311 g/mol. The highest BCUT2D eigenvalue weighted by Crippen LogP contribution is 2.22. The summed E-state index contributed by atoms with van der Waals surface area (Å²) in [7, 11) is 0. The number of piperidine rings is 1. The number of halogens is 2. The topological polar surface area (TPSA) is 49.6 Å². The van der Waals surface area contributed by atoms with Crippen LogP contribution in [0.4, 0.5) is 0 Å². The first-order valence-corrected chi connectivity index (χ1v) is 6.81. The summed E-state index contributed by atoms with van der Waals surface area (Å²) in [5, 5.41) is 0. The first-order chi connectivity index (χ1) is 7.98. The Bertz CT molecular complexity index is 280. The van der Waals surface area contributed by atoms with Crippen molar-refractivity contribution in [1.29, 1.82) is 0 Å². The number of amides is 1. The fourth-order valence-corrected chi connectivity index (χ4v) is 2.95. The van der Waals surface area contributed by atoms with Crippen LogP contribution in [0.15, 0.2) is 0 Å². The molecule has 2 aliphatic rings. The molecule has 0 saturated carbocycles. The molecule has 2 N–H and O–H groups in total. The summed E-state index contributed by atoms with van der Waals surface area (Å²) in [6.07, 6.45) is 4.91. The van der Waals surface area contributed by atoms with Crippen molar-refractivity contribution < 1.29 is 4.79 Å². The SMILES string of the molecule is CC(C)(N)C(=O)N1CCC(N2CCCC2)CC1.Cl.Cl. The first kappa shape index (κ1) is 19.0. The summed E-state index contributed by atoms with van der Waals surface area (Å²) >= 11 is 0. The predicted molar refractivity (Wildman–Crippen MR) is 83.2 cm³/mol. The minimum Gasteiger partial charge on any atom is -0.341 e. The van der Waals surface area contributed by atoms with E-state index in [9.17, 15) is 4.79 Å². The Labute approximate surface area is 128 Å². The first-order valence-electron chi connectivity index (χ1n) is 6.81. The average Bonchev–Trinajstić information content (AvgIpc) is 2.80. The molecule has 2 heterocycles. The third-order valence-electron chi connectivity index (χ3n) is 3.96. The molecule has 6 heteroatoms.